The van der Waals surface area contributed by atoms with Crippen LogP contribution in [-0.2, 0) is 10.0 Å². The van der Waals surface area contributed by atoms with Gasteiger partial charge in [-0.05, 0) is 19.8 Å². The van der Waals surface area contributed by atoms with E-state index in [2.05, 4.69) is 20.7 Å². The van der Waals surface area contributed by atoms with Crippen LogP contribution in [0, 0.1) is 0 Å². The predicted molar refractivity (Wildman–Crippen MR) is 55.1 cm³/mol. The van der Waals surface area contributed by atoms with E-state index in [0.717, 1.165) is 12.8 Å². The third kappa shape index (κ3) is 7.06. The normalized spacial score (nSPS) is 14.6. The summed E-state index contributed by atoms with van der Waals surface area (Å²) in [5.74, 6) is 0.164. The second-order valence-corrected chi connectivity index (χ2v) is 6.38. The summed E-state index contributed by atoms with van der Waals surface area (Å²) in [6.07, 6.45) is 1.87. The molecule has 0 saturated heterocycles. The molecule has 0 aromatic heterocycles. The number of alkyl halides is 1. The fourth-order valence-electron chi connectivity index (χ4n) is 0.713. The lowest BCUT2D eigenvalue weighted by Gasteiger charge is -2.04. The Morgan fingerprint density at radius 3 is 2.50 bits per heavy atom. The molecule has 0 aliphatic heterocycles. The number of halogens is 1. The molecule has 0 aliphatic carbocycles. The summed E-state index contributed by atoms with van der Waals surface area (Å²) in [5.41, 5.74) is 0. The summed E-state index contributed by atoms with van der Waals surface area (Å²) >= 11 is 3.39. The monoisotopic (exact) mass is 257 g/mol. The molecular formula is C7H16BrNO2S. The van der Waals surface area contributed by atoms with E-state index in [1.165, 1.54) is 0 Å². The molecule has 1 unspecified atom stereocenters. The third-order valence-corrected chi connectivity index (χ3v) is 3.34. The first kappa shape index (κ1) is 12.4. The molecule has 0 aliphatic rings. The van der Waals surface area contributed by atoms with Crippen molar-refractivity contribution in [3.05, 3.63) is 0 Å². The van der Waals surface area contributed by atoms with Gasteiger partial charge in [0.15, 0.2) is 0 Å². The van der Waals surface area contributed by atoms with Crippen LogP contribution >= 0.6 is 15.9 Å². The molecule has 0 heterocycles. The van der Waals surface area contributed by atoms with Gasteiger partial charge < -0.3 is 0 Å². The highest BCUT2D eigenvalue weighted by molar-refractivity contribution is 9.09. The van der Waals surface area contributed by atoms with E-state index in [9.17, 15) is 8.42 Å². The summed E-state index contributed by atoms with van der Waals surface area (Å²) in [6, 6.07) is 0. The number of rotatable bonds is 6. The largest absolute Gasteiger partial charge is 0.215 e. The first-order chi connectivity index (χ1) is 5.48. The second-order valence-electron chi connectivity index (χ2n) is 2.72. The van der Waals surface area contributed by atoms with Crippen molar-refractivity contribution < 1.29 is 8.42 Å². The molecule has 0 saturated carbocycles. The van der Waals surface area contributed by atoms with Crippen molar-refractivity contribution in [3.63, 3.8) is 0 Å². The van der Waals surface area contributed by atoms with Gasteiger partial charge in [-0.15, -0.1) is 0 Å². The molecule has 0 rings (SSSR count). The molecular weight excluding hydrogens is 242 g/mol. The van der Waals surface area contributed by atoms with Gasteiger partial charge in [0, 0.05) is 11.4 Å². The maximum atomic E-state index is 10.9. The first-order valence-corrected chi connectivity index (χ1v) is 6.66. The number of sulfonamides is 1. The number of hydrogen-bond acceptors (Lipinski definition) is 2. The summed E-state index contributed by atoms with van der Waals surface area (Å²) in [5, 5.41) is 0. The molecule has 1 N–H and O–H groups in total. The lowest BCUT2D eigenvalue weighted by Crippen LogP contribution is -2.26. The molecule has 1 atom stereocenters. The molecule has 0 aromatic rings. The quantitative estimate of drug-likeness (QED) is 0.579. The SMILES string of the molecule is CCS(=O)(=O)NCCCC(C)Br. The Bertz CT molecular complexity index is 201. The summed E-state index contributed by atoms with van der Waals surface area (Å²) in [4.78, 5) is 0.462. The zero-order valence-electron chi connectivity index (χ0n) is 7.51. The molecule has 0 amide bonds. The van der Waals surface area contributed by atoms with Crippen molar-refractivity contribution in [1.82, 2.24) is 4.72 Å². The van der Waals surface area contributed by atoms with Gasteiger partial charge in [-0.25, -0.2) is 13.1 Å². The Kier molecular flexibility index (Phi) is 6.13. The van der Waals surface area contributed by atoms with Crippen molar-refractivity contribution >= 4 is 26.0 Å². The van der Waals surface area contributed by atoms with E-state index in [-0.39, 0.29) is 5.75 Å². The highest BCUT2D eigenvalue weighted by atomic mass is 79.9. The summed E-state index contributed by atoms with van der Waals surface area (Å²) in [6.45, 7) is 4.23. The van der Waals surface area contributed by atoms with Gasteiger partial charge in [0.25, 0.3) is 0 Å². The fraction of sp³-hybridized carbons (Fsp3) is 1.00. The molecule has 74 valence electrons. The van der Waals surface area contributed by atoms with Crippen LogP contribution in [0.5, 0.6) is 0 Å². The molecule has 0 bridgehead atoms. The van der Waals surface area contributed by atoms with Crippen LogP contribution in [0.1, 0.15) is 26.7 Å². The highest BCUT2D eigenvalue weighted by Gasteiger charge is 2.04. The lowest BCUT2D eigenvalue weighted by atomic mass is 10.2. The number of hydrogen-bond donors (Lipinski definition) is 1. The van der Waals surface area contributed by atoms with E-state index < -0.39 is 10.0 Å². The smallest absolute Gasteiger partial charge is 0.211 e. The second kappa shape index (κ2) is 5.94. The van der Waals surface area contributed by atoms with E-state index in [1.54, 1.807) is 6.92 Å². The number of nitrogens with one attached hydrogen (secondary N) is 1. The average molecular weight is 258 g/mol. The van der Waals surface area contributed by atoms with Crippen LogP contribution in [-0.4, -0.2) is 25.5 Å². The molecule has 0 fully saturated rings. The Hall–Kier alpha value is 0.390. The van der Waals surface area contributed by atoms with Gasteiger partial charge in [-0.3, -0.25) is 0 Å². The Morgan fingerprint density at radius 2 is 2.08 bits per heavy atom. The standard InChI is InChI=1S/C7H16BrNO2S/c1-3-12(10,11)9-6-4-5-7(2)8/h7,9H,3-6H2,1-2H3. The third-order valence-electron chi connectivity index (χ3n) is 1.48. The van der Waals surface area contributed by atoms with Gasteiger partial charge in [0.2, 0.25) is 10.0 Å². The zero-order valence-corrected chi connectivity index (χ0v) is 9.91. The maximum absolute atomic E-state index is 10.9. The van der Waals surface area contributed by atoms with Crippen molar-refractivity contribution in [2.75, 3.05) is 12.3 Å². The minimum atomic E-state index is -2.98. The van der Waals surface area contributed by atoms with Gasteiger partial charge in [0.1, 0.15) is 0 Å². The molecule has 5 heteroatoms. The minimum Gasteiger partial charge on any atom is -0.215 e. The molecule has 3 nitrogen and oxygen atoms in total. The molecule has 12 heavy (non-hydrogen) atoms. The topological polar surface area (TPSA) is 46.2 Å². The van der Waals surface area contributed by atoms with Crippen molar-refractivity contribution in [3.8, 4) is 0 Å². The lowest BCUT2D eigenvalue weighted by molar-refractivity contribution is 0.578. The predicted octanol–water partition coefficient (Wildman–Crippen LogP) is 1.49. The Balaban J connectivity index is 3.45. The van der Waals surface area contributed by atoms with Crippen molar-refractivity contribution in [2.45, 2.75) is 31.5 Å². The molecule has 0 aromatic carbocycles. The Morgan fingerprint density at radius 1 is 1.50 bits per heavy atom. The van der Waals surface area contributed by atoms with Crippen molar-refractivity contribution in [2.24, 2.45) is 0 Å². The zero-order chi connectivity index (χ0) is 9.61. The van der Waals surface area contributed by atoms with Crippen molar-refractivity contribution in [1.29, 1.82) is 0 Å². The van der Waals surface area contributed by atoms with Gasteiger partial charge in [-0.1, -0.05) is 22.9 Å². The summed E-state index contributed by atoms with van der Waals surface area (Å²) < 4.78 is 24.4. The molecule has 0 spiro atoms. The minimum absolute atomic E-state index is 0.164. The fourth-order valence-corrected chi connectivity index (χ4v) is 1.70. The molecule has 0 radical (unpaired) electrons. The van der Waals surface area contributed by atoms with E-state index in [1.807, 2.05) is 6.92 Å². The van der Waals surface area contributed by atoms with E-state index >= 15 is 0 Å². The summed E-state index contributed by atoms with van der Waals surface area (Å²) in [7, 11) is -2.98. The van der Waals surface area contributed by atoms with Crippen LogP contribution in [0.25, 0.3) is 0 Å². The van der Waals surface area contributed by atoms with Gasteiger partial charge in [-0.2, -0.15) is 0 Å². The van der Waals surface area contributed by atoms with E-state index in [0.29, 0.717) is 11.4 Å². The first-order valence-electron chi connectivity index (χ1n) is 4.09. The highest BCUT2D eigenvalue weighted by Crippen LogP contribution is 2.05. The van der Waals surface area contributed by atoms with Crippen LogP contribution < -0.4 is 4.72 Å². The van der Waals surface area contributed by atoms with E-state index in [4.69, 9.17) is 0 Å². The van der Waals surface area contributed by atoms with Gasteiger partial charge >= 0.3 is 0 Å². The van der Waals surface area contributed by atoms with Crippen LogP contribution in [0.15, 0.2) is 0 Å². The van der Waals surface area contributed by atoms with Gasteiger partial charge in [0.05, 0.1) is 5.75 Å². The average Bonchev–Trinajstić information content (AvgIpc) is 1.98. The van der Waals surface area contributed by atoms with Crippen LogP contribution in [0.3, 0.4) is 0 Å². The van der Waals surface area contributed by atoms with Crippen LogP contribution in [0.4, 0.5) is 0 Å². The maximum Gasteiger partial charge on any atom is 0.211 e. The Labute approximate surface area is 83.1 Å². The van der Waals surface area contributed by atoms with Crippen LogP contribution in [0.2, 0.25) is 0 Å².